The Morgan fingerprint density at radius 1 is 0.489 bits per heavy atom. The quantitative estimate of drug-likeness (QED) is 0.187. The molecule has 0 heterocycles. The lowest BCUT2D eigenvalue weighted by Gasteiger charge is -2.47. The molecule has 0 saturated heterocycles. The molecule has 2 unspecified atom stereocenters. The van der Waals surface area contributed by atoms with Crippen LogP contribution in [0.2, 0.25) is 0 Å². The van der Waals surface area contributed by atoms with Crippen LogP contribution >= 0.6 is 0 Å². The second kappa shape index (κ2) is 10.4. The summed E-state index contributed by atoms with van der Waals surface area (Å²) in [6.07, 6.45) is 16.6. The lowest BCUT2D eigenvalue weighted by Crippen LogP contribution is -2.43. The highest BCUT2D eigenvalue weighted by molar-refractivity contribution is 5.81. The van der Waals surface area contributed by atoms with E-state index in [1.807, 2.05) is 0 Å². The van der Waals surface area contributed by atoms with Crippen LogP contribution in [0.1, 0.15) is 108 Å². The first-order chi connectivity index (χ1) is 22.9. The maximum absolute atomic E-state index is 2.49. The van der Waals surface area contributed by atoms with Gasteiger partial charge in [-0.2, -0.15) is 0 Å². The van der Waals surface area contributed by atoms with Gasteiger partial charge in [0, 0.05) is 21.7 Å². The summed E-state index contributed by atoms with van der Waals surface area (Å²) in [6, 6.07) is 37.1. The fourth-order valence-electron chi connectivity index (χ4n) is 12.8. The Hall–Kier alpha value is -3.64. The summed E-state index contributed by atoms with van der Waals surface area (Å²) >= 11 is 0. The van der Waals surface area contributed by atoms with Crippen molar-refractivity contribution in [3.63, 3.8) is 0 Å². The van der Waals surface area contributed by atoms with Gasteiger partial charge in [0.25, 0.3) is 0 Å². The molecule has 0 amide bonds. The van der Waals surface area contributed by atoms with E-state index in [1.165, 1.54) is 80.0 Å². The summed E-state index contributed by atoms with van der Waals surface area (Å²) in [6.45, 7) is 9.33. The maximum Gasteiger partial charge on any atom is 0.0136 e. The van der Waals surface area contributed by atoms with Gasteiger partial charge in [-0.1, -0.05) is 141 Å². The number of rotatable bonds is 1. The minimum absolute atomic E-state index is 0.266. The van der Waals surface area contributed by atoms with Crippen molar-refractivity contribution in [1.29, 1.82) is 0 Å². The molecule has 0 aliphatic heterocycles. The van der Waals surface area contributed by atoms with Gasteiger partial charge < -0.3 is 0 Å². The van der Waals surface area contributed by atoms with E-state index in [9.17, 15) is 0 Å². The Bertz CT molecular complexity index is 1800. The standard InChI is InChI=1S/C24H24.C23H26/c1-3-17-13-23-15-18(4-2)16-24(23,14-17)22-12-8-6-10-20(22)19-9-5-7-11-21(19)23;1-3-17-14-22-12-16(2)13-23(22,15-17)21-11-7-5-9-19(21)18-8-4-6-10-20(18)22/h3-12H,13-16H2,1-2H3;4-11,16-17H,3,12-15H2,1-2H3/t;16?,17?,22-,23+. The molecule has 4 aromatic carbocycles. The van der Waals surface area contributed by atoms with Crippen molar-refractivity contribution in [3.05, 3.63) is 143 Å². The van der Waals surface area contributed by atoms with E-state index in [0.29, 0.717) is 10.8 Å². The highest BCUT2D eigenvalue weighted by atomic mass is 14.7. The fraction of sp³-hybridized carbons (Fsp3) is 0.404. The molecule has 4 saturated carbocycles. The average molecular weight is 615 g/mol. The average Bonchev–Trinajstić information content (AvgIpc) is 3.81. The minimum Gasteiger partial charge on any atom is -0.0884 e. The Balaban J connectivity index is 0.000000129. The van der Waals surface area contributed by atoms with E-state index < -0.39 is 0 Å². The van der Waals surface area contributed by atoms with Gasteiger partial charge in [0.2, 0.25) is 0 Å². The van der Waals surface area contributed by atoms with E-state index >= 15 is 0 Å². The summed E-state index contributed by atoms with van der Waals surface area (Å²) in [5.41, 5.74) is 17.1. The summed E-state index contributed by atoms with van der Waals surface area (Å²) in [7, 11) is 0. The van der Waals surface area contributed by atoms with Crippen molar-refractivity contribution in [2.45, 2.75) is 107 Å². The number of benzene rings is 4. The second-order valence-electron chi connectivity index (χ2n) is 16.3. The molecular weight excluding hydrogens is 565 g/mol. The van der Waals surface area contributed by atoms with Gasteiger partial charge in [0.1, 0.15) is 0 Å². The number of hydrogen-bond donors (Lipinski definition) is 0. The number of hydrogen-bond acceptors (Lipinski definition) is 0. The van der Waals surface area contributed by atoms with Gasteiger partial charge in [-0.15, -0.1) is 0 Å². The van der Waals surface area contributed by atoms with Crippen LogP contribution in [0.25, 0.3) is 22.3 Å². The van der Waals surface area contributed by atoms with Crippen LogP contribution in [0.4, 0.5) is 0 Å². The van der Waals surface area contributed by atoms with Crippen LogP contribution in [0.3, 0.4) is 0 Å². The van der Waals surface area contributed by atoms with E-state index in [2.05, 4.69) is 137 Å². The summed E-state index contributed by atoms with van der Waals surface area (Å²) in [4.78, 5) is 0. The van der Waals surface area contributed by atoms with Gasteiger partial charge in [-0.25, -0.2) is 0 Å². The first-order valence-electron chi connectivity index (χ1n) is 18.6. The molecule has 4 fully saturated rings. The minimum atomic E-state index is 0.266. The lowest BCUT2D eigenvalue weighted by atomic mass is 9.55. The van der Waals surface area contributed by atoms with Gasteiger partial charge in [-0.05, 0) is 122 Å². The third-order valence-corrected chi connectivity index (χ3v) is 14.4. The molecule has 10 rings (SSSR count). The van der Waals surface area contributed by atoms with Crippen molar-refractivity contribution in [3.8, 4) is 22.3 Å². The summed E-state index contributed by atoms with van der Waals surface area (Å²) in [5, 5.41) is 0. The SMILES string of the molecule is CC=C1CC23CC(=CC)CC2(C1)c1ccccc1-c1ccccc13.CCC1C[C@]23CC(C)C[C@@]2(C1)c1ccccc1-c1ccccc13. The molecule has 0 spiro atoms. The lowest BCUT2D eigenvalue weighted by molar-refractivity contribution is 0.299. The Kier molecular flexibility index (Phi) is 6.54. The van der Waals surface area contributed by atoms with Crippen LogP contribution in [-0.2, 0) is 21.7 Å². The smallest absolute Gasteiger partial charge is 0.0136 e. The van der Waals surface area contributed by atoms with Crippen LogP contribution < -0.4 is 0 Å². The molecule has 0 N–H and O–H groups in total. The molecule has 0 bridgehead atoms. The topological polar surface area (TPSA) is 0 Å². The molecule has 4 aromatic rings. The number of allylic oxidation sites excluding steroid dienone is 4. The molecular formula is C47H50. The molecule has 0 nitrogen and oxygen atoms in total. The van der Waals surface area contributed by atoms with Gasteiger partial charge in [0.15, 0.2) is 0 Å². The monoisotopic (exact) mass is 614 g/mol. The normalized spacial score (nSPS) is 33.2. The summed E-state index contributed by atoms with van der Waals surface area (Å²) in [5.74, 6) is 1.73. The van der Waals surface area contributed by atoms with Crippen molar-refractivity contribution in [1.82, 2.24) is 0 Å². The molecule has 6 aliphatic rings. The van der Waals surface area contributed by atoms with Crippen molar-refractivity contribution in [2.75, 3.05) is 0 Å². The van der Waals surface area contributed by atoms with E-state index in [-0.39, 0.29) is 10.8 Å². The van der Waals surface area contributed by atoms with Gasteiger partial charge >= 0.3 is 0 Å². The van der Waals surface area contributed by atoms with Crippen LogP contribution in [0.15, 0.2) is 120 Å². The van der Waals surface area contributed by atoms with Crippen molar-refractivity contribution < 1.29 is 0 Å². The Morgan fingerprint density at radius 3 is 1.13 bits per heavy atom. The predicted octanol–water partition coefficient (Wildman–Crippen LogP) is 12.4. The zero-order valence-electron chi connectivity index (χ0n) is 28.9. The molecule has 6 aliphatic carbocycles. The first kappa shape index (κ1) is 29.5. The van der Waals surface area contributed by atoms with Crippen LogP contribution in [0, 0.1) is 11.8 Å². The molecule has 4 atom stereocenters. The zero-order valence-corrected chi connectivity index (χ0v) is 28.9. The van der Waals surface area contributed by atoms with E-state index in [4.69, 9.17) is 0 Å². The van der Waals surface area contributed by atoms with Crippen LogP contribution in [0.5, 0.6) is 0 Å². The van der Waals surface area contributed by atoms with Gasteiger partial charge in [-0.3, -0.25) is 0 Å². The Labute approximate surface area is 283 Å². The third-order valence-electron chi connectivity index (χ3n) is 14.4. The molecule has 0 radical (unpaired) electrons. The van der Waals surface area contributed by atoms with Crippen molar-refractivity contribution in [2.24, 2.45) is 11.8 Å². The predicted molar refractivity (Wildman–Crippen MR) is 198 cm³/mol. The van der Waals surface area contributed by atoms with Crippen molar-refractivity contribution >= 4 is 0 Å². The molecule has 0 aromatic heterocycles. The molecule has 47 heavy (non-hydrogen) atoms. The first-order valence-corrected chi connectivity index (χ1v) is 18.6. The Morgan fingerprint density at radius 2 is 0.809 bits per heavy atom. The van der Waals surface area contributed by atoms with E-state index in [0.717, 1.165) is 11.8 Å². The zero-order chi connectivity index (χ0) is 32.0. The number of fused-ring (bicyclic) bond motifs is 6. The third kappa shape index (κ3) is 3.71. The van der Waals surface area contributed by atoms with Gasteiger partial charge in [0.05, 0.1) is 0 Å². The fourth-order valence-corrected chi connectivity index (χ4v) is 12.8. The highest BCUT2D eigenvalue weighted by Gasteiger charge is 2.66. The molecule has 238 valence electrons. The maximum atomic E-state index is 2.49. The molecule has 0 heteroatoms. The largest absolute Gasteiger partial charge is 0.0884 e. The highest BCUT2D eigenvalue weighted by Crippen LogP contribution is 2.73. The second-order valence-corrected chi connectivity index (χ2v) is 16.3. The summed E-state index contributed by atoms with van der Waals surface area (Å²) < 4.78 is 0. The van der Waals surface area contributed by atoms with E-state index in [1.54, 1.807) is 33.4 Å². The van der Waals surface area contributed by atoms with Crippen LogP contribution in [-0.4, -0.2) is 0 Å².